The van der Waals surface area contributed by atoms with Crippen LogP contribution in [0.4, 0.5) is 0 Å². The van der Waals surface area contributed by atoms with E-state index in [0.717, 1.165) is 89.2 Å². The van der Waals surface area contributed by atoms with Crippen molar-refractivity contribution in [3.8, 4) is 78.6 Å². The first-order valence-electron chi connectivity index (χ1n) is 21.7. The Morgan fingerprint density at radius 3 is 1.77 bits per heavy atom. The fraction of sp³-hybridized carbons (Fsp3) is 0.158. The average Bonchev–Trinajstić information content (AvgIpc) is 3.69. The number of fused-ring (bicyclic) bond motifs is 1. The van der Waals surface area contributed by atoms with Crippen molar-refractivity contribution in [1.29, 1.82) is 0 Å². The van der Waals surface area contributed by atoms with Crippen LogP contribution in [0.3, 0.4) is 0 Å². The molecule has 9 aromatic rings. The number of hydrogen-bond acceptors (Lipinski definition) is 3. The zero-order valence-corrected chi connectivity index (χ0v) is 38.2. The summed E-state index contributed by atoms with van der Waals surface area (Å²) >= 11 is 0. The molecule has 0 fully saturated rings. The third-order valence-electron chi connectivity index (χ3n) is 11.6. The molecule has 0 aliphatic rings. The molecule has 2 heterocycles. The van der Waals surface area contributed by atoms with Gasteiger partial charge in [-0.3, -0.25) is 9.55 Å². The maximum absolute atomic E-state index is 12.3. The fourth-order valence-electron chi connectivity index (χ4n) is 8.25. The zero-order valence-electron chi connectivity index (χ0n) is 36.9. The van der Waals surface area contributed by atoms with Gasteiger partial charge in [-0.15, -0.1) is 23.8 Å². The Labute approximate surface area is 381 Å². The number of hydrogen-bond donors (Lipinski definition) is 1. The fourth-order valence-corrected chi connectivity index (χ4v) is 8.25. The molecule has 310 valence electrons. The first-order valence-corrected chi connectivity index (χ1v) is 21.2. The van der Waals surface area contributed by atoms with E-state index < -0.39 is 5.89 Å². The molecule has 7 aromatic carbocycles. The van der Waals surface area contributed by atoms with Crippen molar-refractivity contribution in [3.63, 3.8) is 0 Å². The van der Waals surface area contributed by atoms with E-state index in [4.69, 9.17) is 9.97 Å². The van der Waals surface area contributed by atoms with Gasteiger partial charge in [0.15, 0.2) is 0 Å². The van der Waals surface area contributed by atoms with Gasteiger partial charge in [0, 0.05) is 40.0 Å². The average molecular weight is 989 g/mol. The van der Waals surface area contributed by atoms with E-state index in [1.807, 2.05) is 56.4 Å². The van der Waals surface area contributed by atoms with Gasteiger partial charge in [-0.05, 0) is 92.6 Å². The zero-order chi connectivity index (χ0) is 43.1. The molecule has 2 aromatic heterocycles. The second-order valence-electron chi connectivity index (χ2n) is 16.8. The van der Waals surface area contributed by atoms with Crippen molar-refractivity contribution in [2.24, 2.45) is 0 Å². The van der Waals surface area contributed by atoms with Crippen molar-refractivity contribution in [2.75, 3.05) is 0 Å². The van der Waals surface area contributed by atoms with Crippen LogP contribution in [0.2, 0.25) is 0 Å². The number of nitrogens with zero attached hydrogens (tertiary/aromatic N) is 3. The number of phenols is 1. The van der Waals surface area contributed by atoms with Crippen molar-refractivity contribution in [2.45, 2.75) is 59.3 Å². The molecule has 0 bridgehead atoms. The summed E-state index contributed by atoms with van der Waals surface area (Å²) < 4.78 is 11.4. The first kappa shape index (κ1) is 41.0. The van der Waals surface area contributed by atoms with E-state index in [1.165, 1.54) is 0 Å². The van der Waals surface area contributed by atoms with Crippen LogP contribution >= 0.6 is 0 Å². The van der Waals surface area contributed by atoms with Crippen molar-refractivity contribution in [3.05, 3.63) is 193 Å². The van der Waals surface area contributed by atoms with Gasteiger partial charge < -0.3 is 5.11 Å². The number of phenolic OH excluding ortho intramolecular Hbond substituents is 1. The second kappa shape index (κ2) is 17.9. The van der Waals surface area contributed by atoms with Crippen molar-refractivity contribution >= 4 is 11.0 Å². The van der Waals surface area contributed by atoms with E-state index in [9.17, 15) is 6.48 Å². The molecular formula is C57H50N3OPt-. The Hall–Kier alpha value is -6.35. The predicted octanol–water partition coefficient (Wildman–Crippen LogP) is 15.3. The number of benzene rings is 7. The minimum atomic E-state index is -0.888. The Balaban J connectivity index is 0.00000544. The van der Waals surface area contributed by atoms with Gasteiger partial charge in [-0.25, -0.2) is 4.98 Å². The summed E-state index contributed by atoms with van der Waals surface area (Å²) in [5, 5.41) is 12.3. The molecule has 62 heavy (non-hydrogen) atoms. The van der Waals surface area contributed by atoms with E-state index in [2.05, 4.69) is 166 Å². The Bertz CT molecular complexity index is 3060. The summed E-state index contributed by atoms with van der Waals surface area (Å²) in [4.78, 5) is 10.5. The largest absolute Gasteiger partial charge is 0.507 e. The first-order chi connectivity index (χ1) is 29.9. The van der Waals surface area contributed by atoms with Gasteiger partial charge in [-0.1, -0.05) is 180 Å². The quantitative estimate of drug-likeness (QED) is 0.139. The summed E-state index contributed by atoms with van der Waals surface area (Å²) in [6, 6.07) is 60.4. The van der Waals surface area contributed by atoms with E-state index in [1.54, 1.807) is 0 Å². The second-order valence-corrected chi connectivity index (χ2v) is 16.8. The summed E-state index contributed by atoms with van der Waals surface area (Å²) in [5.41, 5.74) is 15.9. The molecule has 9 rings (SSSR count). The molecule has 0 saturated carbocycles. The Morgan fingerprint density at radius 2 is 1.16 bits per heavy atom. The molecule has 0 aliphatic heterocycles. The van der Waals surface area contributed by atoms with Crippen LogP contribution in [0, 0.1) is 6.07 Å². The SMILES string of the molecule is [2H]C(C)(C)c1cc(-c2ccccc2)cc(-n2c(-c3cc(C(C)C)cc(C(C)C)c3O)nc3c(-c4[c-]c(-c5cc(-c6ccccc6)ccn5)cc(-c5ccccc5)c4)cccc32)c1.[Pt]. The molecule has 4 nitrogen and oxygen atoms in total. The summed E-state index contributed by atoms with van der Waals surface area (Å²) in [7, 11) is 0. The third kappa shape index (κ3) is 8.33. The summed E-state index contributed by atoms with van der Waals surface area (Å²) in [6.45, 7) is 12.5. The van der Waals surface area contributed by atoms with Gasteiger partial charge in [0.1, 0.15) is 11.6 Å². The van der Waals surface area contributed by atoms with Gasteiger partial charge in [0.05, 0.1) is 16.6 Å². The predicted molar refractivity (Wildman–Crippen MR) is 254 cm³/mol. The minimum absolute atomic E-state index is 0. The van der Waals surface area contributed by atoms with Crippen molar-refractivity contribution < 1.29 is 27.5 Å². The van der Waals surface area contributed by atoms with Crippen molar-refractivity contribution in [1.82, 2.24) is 14.5 Å². The van der Waals surface area contributed by atoms with Crippen LogP contribution in [0.15, 0.2) is 170 Å². The van der Waals surface area contributed by atoms with E-state index in [0.29, 0.717) is 11.4 Å². The molecule has 0 saturated heterocycles. The van der Waals surface area contributed by atoms with Crippen LogP contribution in [0.25, 0.3) is 83.9 Å². The number of aromatic hydroxyl groups is 1. The maximum Gasteiger partial charge on any atom is 0.148 e. The van der Waals surface area contributed by atoms with Crippen LogP contribution in [0.1, 0.15) is 77.3 Å². The molecule has 0 spiro atoms. The molecule has 0 atom stereocenters. The van der Waals surface area contributed by atoms with Crippen LogP contribution in [0.5, 0.6) is 5.75 Å². The molecule has 0 aliphatic carbocycles. The normalized spacial score (nSPS) is 11.8. The molecular weight excluding hydrogens is 938 g/mol. The third-order valence-corrected chi connectivity index (χ3v) is 11.6. The molecule has 0 unspecified atom stereocenters. The van der Waals surface area contributed by atoms with Crippen LogP contribution in [-0.2, 0) is 21.1 Å². The minimum Gasteiger partial charge on any atom is -0.507 e. The van der Waals surface area contributed by atoms with Gasteiger partial charge >= 0.3 is 0 Å². The number of para-hydroxylation sites is 1. The number of pyridine rings is 1. The van der Waals surface area contributed by atoms with Crippen LogP contribution < -0.4 is 0 Å². The molecule has 0 amide bonds. The van der Waals surface area contributed by atoms with Gasteiger partial charge in [-0.2, -0.15) is 0 Å². The van der Waals surface area contributed by atoms with E-state index in [-0.39, 0.29) is 38.7 Å². The smallest absolute Gasteiger partial charge is 0.148 e. The van der Waals surface area contributed by atoms with E-state index >= 15 is 0 Å². The number of aromatic nitrogens is 3. The maximum atomic E-state index is 12.3. The van der Waals surface area contributed by atoms with Gasteiger partial charge in [0.2, 0.25) is 0 Å². The summed E-state index contributed by atoms with van der Waals surface area (Å²) in [5.74, 6) is 0.277. The van der Waals surface area contributed by atoms with Gasteiger partial charge in [0.25, 0.3) is 0 Å². The number of imidazole rings is 1. The molecule has 5 heteroatoms. The molecule has 1 N–H and O–H groups in total. The molecule has 0 radical (unpaired) electrons. The monoisotopic (exact) mass is 988 g/mol. The Kier molecular flexibility index (Phi) is 11.9. The summed E-state index contributed by atoms with van der Waals surface area (Å²) in [6.07, 6.45) is 1.87. The number of rotatable bonds is 10. The topological polar surface area (TPSA) is 50.9 Å². The van der Waals surface area contributed by atoms with Crippen LogP contribution in [-0.4, -0.2) is 19.6 Å². The Morgan fingerprint density at radius 1 is 0.548 bits per heavy atom. The standard InChI is InChI=1S/C57H50N3O.Pt/c1-36(2)43-27-46(41-21-14-9-15-22-41)32-49(31-43)60-54-24-16-23-50(55(54)59-57(60)52-34-44(37(3)4)33-51(38(5)6)56(52)61)47-28-45(40-19-12-8-13-20-40)29-48(30-47)53-35-42(25-26-58-53)39-17-10-7-11-18-39;/h7-29,31-38,61H,1-6H3;/q-1;/i36D;.